The van der Waals surface area contributed by atoms with Gasteiger partial charge in [0.2, 0.25) is 12.3 Å². The van der Waals surface area contributed by atoms with Crippen molar-refractivity contribution in [2.45, 2.75) is 180 Å². The first-order chi connectivity index (χ1) is 69.3. The van der Waals surface area contributed by atoms with E-state index in [4.69, 9.17) is 28.1 Å². The van der Waals surface area contributed by atoms with E-state index in [-0.39, 0.29) is 97.8 Å². The van der Waals surface area contributed by atoms with Crippen LogP contribution in [0.2, 0.25) is 0 Å². The van der Waals surface area contributed by atoms with Gasteiger partial charge in [0, 0.05) is 65.1 Å². The fourth-order valence-corrected chi connectivity index (χ4v) is 17.1. The molecule has 9 aromatic heterocycles. The van der Waals surface area contributed by atoms with Gasteiger partial charge in [-0.05, 0) is 130 Å². The maximum absolute atomic E-state index is 10.2. The molecule has 25 N–H and O–H groups in total. The van der Waals surface area contributed by atoms with Gasteiger partial charge in [-0.2, -0.15) is 25.5 Å². The van der Waals surface area contributed by atoms with Crippen molar-refractivity contribution in [1.82, 2.24) is 85.6 Å². The number of aliphatic hydroxyl groups excluding tert-OH is 20. The van der Waals surface area contributed by atoms with Crippen LogP contribution < -0.4 is 51.4 Å². The topological polar surface area (TPSA) is 693 Å². The summed E-state index contributed by atoms with van der Waals surface area (Å²) in [5.74, 6) is 29.1. The van der Waals surface area contributed by atoms with Crippen LogP contribution >= 0.6 is 24.0 Å². The summed E-state index contributed by atoms with van der Waals surface area (Å²) in [6.45, 7) is -2.49. The van der Waals surface area contributed by atoms with Gasteiger partial charge in [0.05, 0.1) is 143 Å². The molecule has 0 unspecified atom stereocenters. The van der Waals surface area contributed by atoms with Gasteiger partial charge in [-0.25, -0.2) is 9.67 Å². The number of H-pyrrole nitrogens is 5. The van der Waals surface area contributed by atoms with Crippen LogP contribution in [0.5, 0.6) is 0 Å². The second-order valence-corrected chi connectivity index (χ2v) is 34.2. The second-order valence-electron chi connectivity index (χ2n) is 34.2. The number of nitrogens with one attached hydrogen (secondary N) is 5. The summed E-state index contributed by atoms with van der Waals surface area (Å²) in [4.78, 5) is 8.61. The Morgan fingerprint density at radius 2 is 0.770 bits per heavy atom. The SMILES string of the molecule is C.C.F.I.OC[C@H]1O[C@H](C#Cc2cc(-c3ccc4c(c3)CC=N4)cc3cn[nH]c23)[C@@H](O)[C@@H](O)[C@@H]1O.OC[C@H]1O[C@H](C#Cc2cc(-c3ccc4nccn4c3)cc3cn[nH]c23)[C@@H](O)[C@@H](O)[C@@H]1O.OC[C@H]1O[C@H](C#Cc2cc(-c3nnco3)cc3cn[nH]c23)[C@@H](O)[C@@H](O)[C@@H]1O.OC[C@H]1O[C@H](C#Cc2cc(-n3ccnn3)cc3cn[nH]c23)[C@@H](O)[C@@H](O)[C@@H]1O.OC[C@H]1O[C@H](C#Cc2cc(C3=CCC=C3)cc3cn[nH]c23)[C@@H](O)[C@@H](O)[C@@H]1O.[H-].[HH].[K+]. The van der Waals surface area contributed by atoms with Gasteiger partial charge >= 0.3 is 51.4 Å². The molecule has 7 aliphatic rings. The van der Waals surface area contributed by atoms with Gasteiger partial charge < -0.3 is 136 Å². The van der Waals surface area contributed by atoms with E-state index in [2.05, 4.69) is 165 Å². The first kappa shape index (κ1) is 113. The quantitative estimate of drug-likeness (QED) is 0.0379. The Hall–Kier alpha value is -12.1. The Labute approximate surface area is 902 Å². The Kier molecular flexibility index (Phi) is 38.5. The number of benzene rings is 6. The molecule has 15 heterocycles. The van der Waals surface area contributed by atoms with Crippen molar-refractivity contribution in [1.29, 1.82) is 0 Å². The first-order valence-corrected chi connectivity index (χ1v) is 44.9. The molecule has 0 amide bonds. The minimum Gasteiger partial charge on any atom is -1.00 e. The molecule has 0 saturated carbocycles. The summed E-state index contributed by atoms with van der Waals surface area (Å²) < 4.78 is 35.9. The second kappa shape index (κ2) is 50.5. The van der Waals surface area contributed by atoms with Gasteiger partial charge in [0.25, 0.3) is 0 Å². The number of aliphatic hydroxyl groups is 20. The van der Waals surface area contributed by atoms with Crippen molar-refractivity contribution < 1.29 is 189 Å². The predicted molar refractivity (Wildman–Crippen MR) is 540 cm³/mol. The summed E-state index contributed by atoms with van der Waals surface area (Å²) in [5, 5.41) is 251. The molecule has 5 saturated heterocycles. The van der Waals surface area contributed by atoms with Crippen molar-refractivity contribution in [3.8, 4) is 98.6 Å². The van der Waals surface area contributed by atoms with E-state index in [0.29, 0.717) is 50.3 Å². The number of fused-ring (bicyclic) bond motifs is 7. The van der Waals surface area contributed by atoms with Gasteiger partial charge in [-0.3, -0.25) is 35.2 Å². The number of hydrogen-bond acceptors (Lipinski definition) is 37. The van der Waals surface area contributed by atoms with E-state index >= 15 is 0 Å². The Morgan fingerprint density at radius 1 is 0.399 bits per heavy atom. The van der Waals surface area contributed by atoms with Gasteiger partial charge in [0.1, 0.15) is 158 Å². The number of ether oxygens (including phenoxy) is 5. The van der Waals surface area contributed by atoms with Crippen LogP contribution in [0.3, 0.4) is 0 Å². The molecule has 772 valence electrons. The maximum Gasteiger partial charge on any atom is 1.00 e. The average molecular weight is 2170 g/mol. The third-order valence-corrected chi connectivity index (χ3v) is 25.0. The van der Waals surface area contributed by atoms with Gasteiger partial charge in [-0.15, -0.1) is 39.3 Å². The standard InChI is InChI=1S/C23H21N3O5.C22H20N4O5.C20H20N2O5.C17H17N5O5.C17H16N4O6.2CH4.FH.HI.K.H2.H/c27-11-19-22(29)23(30)21(28)18(31-19)4-2-14-8-15(9-16-10-25-26-20(14)16)12-1-3-17-13(7-12)5-6-24-17;27-11-17-21(29)22(30)20(28)16(31-17)3-1-12-7-14(8-15-9-24-25-19(12)15)13-2-4-18-23-5-6-26(18)10-13;23-10-16-19(25)20(26)18(24)15(27-16)6-5-12-7-13(11-3-1-2-4-11)8-14-9-21-22-17(12)14;23-8-13-16(25)17(26)15(24)12(27-13)2-1-9-5-11(22-4-3-18-21-22)6-10-7-19-20-14(9)10;22-6-12-15(24)16(25)14(23)11(27-12)2-1-8-3-9(17-21-19-7-26-17)4-10-5-18-20-13(8)10;;;;;;;/h1,3,6-10,18-19,21-23,27-30H,5,11H2,(H,25,26);2,4-10,16-17,20-22,27-30H,11H2,(H,24,25);1,3-4,7-9,15-16,18-20,23-26H,2,10H2,(H,21,22);3-7,12-13,15-17,23-26H,8H2,(H,19,20);3-5,7,11-12,14-16,22-25H,6H2,(H,18,20);2*1H4;2*1H;;1H;/q;;;;;;;;;+1;;-1/t18-,19-,21-,22-,23-;16-,17-,20-,21-,22-;15-,16-,18-,19-,20-;12-,13-,15-,16-,17-;11-,12-,14-,15-,16-;;;;;;;/m11111......./s1. The Bertz CT molecular complexity index is 7380. The van der Waals surface area contributed by atoms with E-state index in [1.807, 2.05) is 95.8 Å². The van der Waals surface area contributed by atoms with Crippen molar-refractivity contribution >= 4 is 102 Å². The van der Waals surface area contributed by atoms with Crippen LogP contribution in [0.1, 0.15) is 63.1 Å². The zero-order valence-corrected chi connectivity index (χ0v) is 82.2. The maximum atomic E-state index is 10.2. The summed E-state index contributed by atoms with van der Waals surface area (Å²) in [6, 6.07) is 29.0. The molecule has 0 spiro atoms. The summed E-state index contributed by atoms with van der Waals surface area (Å²) in [7, 11) is 0. The third-order valence-electron chi connectivity index (χ3n) is 25.0. The van der Waals surface area contributed by atoms with Crippen molar-refractivity contribution in [3.63, 3.8) is 0 Å². The zero-order chi connectivity index (χ0) is 100.0. The molecule has 148 heavy (non-hydrogen) atoms. The average Bonchev–Trinajstić information content (AvgIpc) is 1.53. The monoisotopic (exact) mass is 2170 g/mol. The van der Waals surface area contributed by atoms with Crippen molar-refractivity contribution in [2.75, 3.05) is 33.0 Å². The van der Waals surface area contributed by atoms with Crippen LogP contribution in [-0.4, -0.2) is 380 Å². The molecule has 22 rings (SSSR count). The number of aromatic nitrogens is 17. The number of nitrogens with zero attached hydrogens (tertiary/aromatic N) is 13. The molecular formula is C101H107FIKN18O26. The molecule has 1 aliphatic carbocycles. The number of imidazole rings is 1. The molecule has 0 bridgehead atoms. The number of aliphatic imine (C=N–C) groups is 1. The summed E-state index contributed by atoms with van der Waals surface area (Å²) in [5.41, 5.74) is 17.0. The van der Waals surface area contributed by atoms with Crippen LogP contribution in [0.4, 0.5) is 10.4 Å². The molecule has 25 atom stereocenters. The van der Waals surface area contributed by atoms with E-state index in [1.54, 1.807) is 66.4 Å². The first-order valence-electron chi connectivity index (χ1n) is 44.9. The minimum atomic E-state index is -1.48. The summed E-state index contributed by atoms with van der Waals surface area (Å²) in [6.07, 6.45) is -3.45. The van der Waals surface area contributed by atoms with Crippen LogP contribution in [0.25, 0.3) is 105 Å². The molecular weight excluding hydrogens is 2070 g/mol. The smallest absolute Gasteiger partial charge is 1.00 e. The number of hydrogen-bond donors (Lipinski definition) is 25. The largest absolute Gasteiger partial charge is 1.00 e. The molecule has 6 aromatic carbocycles. The normalized spacial score (nSPS) is 26.9. The number of rotatable bonds is 10. The van der Waals surface area contributed by atoms with E-state index in [1.165, 1.54) is 12.0 Å². The third kappa shape index (κ3) is 24.3. The van der Waals surface area contributed by atoms with Gasteiger partial charge in [-0.1, -0.05) is 104 Å². The van der Waals surface area contributed by atoms with Gasteiger partial charge in [0.15, 0.2) is 0 Å². The number of allylic oxidation sites excluding steroid dienone is 4. The number of aromatic amines is 5. The summed E-state index contributed by atoms with van der Waals surface area (Å²) >= 11 is 0. The predicted octanol–water partition coefficient (Wildman–Crippen LogP) is -2.60. The Morgan fingerprint density at radius 3 is 1.15 bits per heavy atom. The van der Waals surface area contributed by atoms with Crippen LogP contribution in [0, 0.1) is 59.2 Å². The van der Waals surface area contributed by atoms with E-state index in [0.717, 1.165) is 107 Å². The zero-order valence-electron chi connectivity index (χ0n) is 77.7. The van der Waals surface area contributed by atoms with Crippen LogP contribution in [-0.2, 0) is 30.1 Å². The van der Waals surface area contributed by atoms with E-state index < -0.39 is 186 Å². The Balaban J connectivity index is 0.000000176. The fraction of sp³-hybridized carbons (Fsp3) is 0.337. The fourth-order valence-electron chi connectivity index (χ4n) is 17.1. The molecule has 15 aromatic rings. The molecule has 44 nitrogen and oxygen atoms in total. The van der Waals surface area contributed by atoms with Crippen molar-refractivity contribution in [3.05, 3.63) is 217 Å². The molecule has 5 fully saturated rings. The van der Waals surface area contributed by atoms with E-state index in [9.17, 15) is 102 Å². The van der Waals surface area contributed by atoms with Crippen molar-refractivity contribution in [2.24, 2.45) is 4.99 Å². The molecule has 6 aliphatic heterocycles. The number of pyridine rings is 1. The van der Waals surface area contributed by atoms with Crippen LogP contribution in [0.15, 0.2) is 187 Å². The number of halogens is 2. The molecule has 47 heteroatoms. The molecule has 0 radical (unpaired) electrons. The minimum absolute atomic E-state index is 0.